The second-order valence-electron chi connectivity index (χ2n) is 5.35. The van der Waals surface area contributed by atoms with E-state index in [0.717, 1.165) is 12.0 Å². The third kappa shape index (κ3) is 3.83. The van der Waals surface area contributed by atoms with E-state index in [1.54, 1.807) is 0 Å². The Morgan fingerprint density at radius 1 is 1.33 bits per heavy atom. The summed E-state index contributed by atoms with van der Waals surface area (Å²) >= 11 is 0. The molecule has 2 N–H and O–H groups in total. The number of hydrogen-bond donors (Lipinski definition) is 2. The number of nitrogens with zero attached hydrogens (tertiary/aromatic N) is 1. The highest BCUT2D eigenvalue weighted by molar-refractivity contribution is 5.90. The highest BCUT2D eigenvalue weighted by Gasteiger charge is 2.19. The van der Waals surface area contributed by atoms with Gasteiger partial charge >= 0.3 is 6.03 Å². The van der Waals surface area contributed by atoms with Crippen LogP contribution in [0.1, 0.15) is 23.6 Å². The van der Waals surface area contributed by atoms with E-state index in [-0.39, 0.29) is 17.9 Å². The Balaban J connectivity index is 2.25. The number of anilines is 1. The molecule has 24 heavy (non-hydrogen) atoms. The zero-order valence-electron chi connectivity index (χ0n) is 14.0. The van der Waals surface area contributed by atoms with Crippen LogP contribution in [0.5, 0.6) is 5.75 Å². The Labute approximate surface area is 140 Å². The van der Waals surface area contributed by atoms with Gasteiger partial charge in [-0.05, 0) is 42.7 Å². The molecule has 6 heteroatoms. The Bertz CT molecular complexity index is 734. The fourth-order valence-corrected chi connectivity index (χ4v) is 2.35. The fourth-order valence-electron chi connectivity index (χ4n) is 2.35. The first kappa shape index (κ1) is 17.7. The molecule has 0 spiro atoms. The summed E-state index contributed by atoms with van der Waals surface area (Å²) < 4.78 is 19.8. The van der Waals surface area contributed by atoms with Gasteiger partial charge in [-0.15, -0.1) is 0 Å². The number of carbonyl (C=O) groups is 1. The molecule has 2 rings (SSSR count). The van der Waals surface area contributed by atoms with Crippen LogP contribution in [-0.2, 0) is 13.0 Å². The molecule has 128 valence electrons. The summed E-state index contributed by atoms with van der Waals surface area (Å²) in [5.74, 6) is 0.0733. The topological polar surface area (TPSA) is 61.8 Å². The third-order valence-corrected chi connectivity index (χ3v) is 3.75. The summed E-state index contributed by atoms with van der Waals surface area (Å²) in [5.41, 5.74) is 2.27. The minimum Gasteiger partial charge on any atom is -0.488 e. The number of hydroxylamine groups is 1. The molecule has 0 bridgehead atoms. The van der Waals surface area contributed by atoms with Gasteiger partial charge < -0.3 is 10.1 Å². The molecule has 0 aliphatic carbocycles. The van der Waals surface area contributed by atoms with Gasteiger partial charge in [0.25, 0.3) is 0 Å². The fraction of sp³-hybridized carbons (Fsp3) is 0.278. The number of urea groups is 1. The molecule has 2 aromatic rings. The molecule has 0 radical (unpaired) electrons. The van der Waals surface area contributed by atoms with Crippen molar-refractivity contribution in [3.63, 3.8) is 0 Å². The van der Waals surface area contributed by atoms with Gasteiger partial charge in [0.05, 0.1) is 11.3 Å². The van der Waals surface area contributed by atoms with Crippen molar-refractivity contribution in [2.75, 3.05) is 12.1 Å². The summed E-state index contributed by atoms with van der Waals surface area (Å²) in [5, 5.41) is 12.6. The lowest BCUT2D eigenvalue weighted by Gasteiger charge is -2.19. The van der Waals surface area contributed by atoms with Crippen LogP contribution in [0.2, 0.25) is 0 Å². The molecule has 0 aliphatic rings. The predicted molar refractivity (Wildman–Crippen MR) is 90.0 cm³/mol. The lowest BCUT2D eigenvalue weighted by molar-refractivity contribution is 0.205. The van der Waals surface area contributed by atoms with E-state index >= 15 is 0 Å². The predicted octanol–water partition coefficient (Wildman–Crippen LogP) is 3.81. The van der Waals surface area contributed by atoms with Crippen molar-refractivity contribution in [1.82, 2.24) is 5.32 Å². The number of ether oxygens (including phenoxy) is 1. The van der Waals surface area contributed by atoms with Gasteiger partial charge in [-0.2, -0.15) is 5.06 Å². The zero-order chi connectivity index (χ0) is 17.7. The highest BCUT2D eigenvalue weighted by Crippen LogP contribution is 2.26. The number of aryl methyl sites for hydroxylation is 2. The number of nitrogens with one attached hydrogen (secondary N) is 1. The number of halogens is 1. The number of benzene rings is 2. The van der Waals surface area contributed by atoms with Crippen LogP contribution in [-0.4, -0.2) is 18.3 Å². The zero-order valence-corrected chi connectivity index (χ0v) is 14.0. The van der Waals surface area contributed by atoms with E-state index in [2.05, 4.69) is 12.2 Å². The lowest BCUT2D eigenvalue weighted by atomic mass is 10.1. The summed E-state index contributed by atoms with van der Waals surface area (Å²) in [6.07, 6.45) is 0.921. The Kier molecular flexibility index (Phi) is 5.76. The Morgan fingerprint density at radius 2 is 2.08 bits per heavy atom. The van der Waals surface area contributed by atoms with Crippen molar-refractivity contribution in [2.45, 2.75) is 26.9 Å². The van der Waals surface area contributed by atoms with Crippen LogP contribution in [0, 0.1) is 12.7 Å². The molecule has 0 fully saturated rings. The molecule has 0 aliphatic heterocycles. The minimum absolute atomic E-state index is 0.0391. The SMILES string of the molecule is CCc1ccc(OCc2c(F)cccc2N(O)C(=O)NC)c(C)c1. The minimum atomic E-state index is -0.759. The van der Waals surface area contributed by atoms with E-state index in [4.69, 9.17) is 4.74 Å². The van der Waals surface area contributed by atoms with Gasteiger partial charge in [-0.25, -0.2) is 9.18 Å². The second kappa shape index (κ2) is 7.79. The van der Waals surface area contributed by atoms with Gasteiger partial charge in [-0.1, -0.05) is 25.1 Å². The molecule has 0 saturated heterocycles. The maximum Gasteiger partial charge on any atom is 0.345 e. The van der Waals surface area contributed by atoms with Gasteiger partial charge in [0.1, 0.15) is 18.2 Å². The highest BCUT2D eigenvalue weighted by atomic mass is 19.1. The normalized spacial score (nSPS) is 10.4. The number of carbonyl (C=O) groups excluding carboxylic acids is 1. The molecule has 5 nitrogen and oxygen atoms in total. The second-order valence-corrected chi connectivity index (χ2v) is 5.35. The summed E-state index contributed by atoms with van der Waals surface area (Å²) in [7, 11) is 1.37. The van der Waals surface area contributed by atoms with Crippen molar-refractivity contribution in [3.8, 4) is 5.75 Å². The molecular weight excluding hydrogens is 311 g/mol. The van der Waals surface area contributed by atoms with Crippen molar-refractivity contribution in [3.05, 3.63) is 58.9 Å². The van der Waals surface area contributed by atoms with E-state index < -0.39 is 11.8 Å². The van der Waals surface area contributed by atoms with Crippen LogP contribution < -0.4 is 15.1 Å². The molecule has 0 unspecified atom stereocenters. The summed E-state index contributed by atoms with van der Waals surface area (Å²) in [4.78, 5) is 11.6. The molecule has 2 amide bonds. The van der Waals surface area contributed by atoms with Crippen LogP contribution >= 0.6 is 0 Å². The van der Waals surface area contributed by atoms with E-state index in [9.17, 15) is 14.4 Å². The standard InChI is InChI=1S/C18H21FN2O3/c1-4-13-8-9-17(12(2)10-13)24-11-14-15(19)6-5-7-16(14)21(23)18(22)20-3/h5-10,23H,4,11H2,1-3H3,(H,20,22). The number of rotatable bonds is 5. The number of hydrogen-bond acceptors (Lipinski definition) is 3. The van der Waals surface area contributed by atoms with Crippen LogP contribution in [0.4, 0.5) is 14.9 Å². The molecule has 0 heterocycles. The van der Waals surface area contributed by atoms with Crippen LogP contribution in [0.3, 0.4) is 0 Å². The van der Waals surface area contributed by atoms with Gasteiger partial charge in [-0.3, -0.25) is 5.21 Å². The van der Waals surface area contributed by atoms with Crippen LogP contribution in [0.25, 0.3) is 0 Å². The lowest BCUT2D eigenvalue weighted by Crippen LogP contribution is -2.36. The van der Waals surface area contributed by atoms with E-state index in [1.165, 1.54) is 30.8 Å². The smallest absolute Gasteiger partial charge is 0.345 e. The van der Waals surface area contributed by atoms with Gasteiger partial charge in [0.2, 0.25) is 0 Å². The largest absolute Gasteiger partial charge is 0.488 e. The first-order valence-corrected chi connectivity index (χ1v) is 7.68. The molecule has 0 atom stereocenters. The maximum absolute atomic E-state index is 14.2. The number of amides is 2. The summed E-state index contributed by atoms with van der Waals surface area (Å²) in [6.45, 7) is 3.87. The van der Waals surface area contributed by atoms with Crippen molar-refractivity contribution in [2.24, 2.45) is 0 Å². The summed E-state index contributed by atoms with van der Waals surface area (Å²) in [6, 6.07) is 9.17. The van der Waals surface area contributed by atoms with Gasteiger partial charge in [0.15, 0.2) is 0 Å². The average Bonchev–Trinajstić information content (AvgIpc) is 2.59. The Morgan fingerprint density at radius 3 is 2.71 bits per heavy atom. The molecule has 0 saturated carbocycles. The quantitative estimate of drug-likeness (QED) is 0.646. The van der Waals surface area contributed by atoms with E-state index in [0.29, 0.717) is 10.8 Å². The average molecular weight is 332 g/mol. The first-order chi connectivity index (χ1) is 11.5. The Hall–Kier alpha value is -2.60. The first-order valence-electron chi connectivity index (χ1n) is 7.68. The van der Waals surface area contributed by atoms with Crippen LogP contribution in [0.15, 0.2) is 36.4 Å². The van der Waals surface area contributed by atoms with Gasteiger partial charge in [0, 0.05) is 7.05 Å². The van der Waals surface area contributed by atoms with Crippen molar-refractivity contribution < 1.29 is 19.1 Å². The monoisotopic (exact) mass is 332 g/mol. The molecular formula is C18H21FN2O3. The van der Waals surface area contributed by atoms with Crippen molar-refractivity contribution in [1.29, 1.82) is 0 Å². The molecule has 2 aromatic carbocycles. The van der Waals surface area contributed by atoms with Crippen molar-refractivity contribution >= 4 is 11.7 Å². The third-order valence-electron chi connectivity index (χ3n) is 3.75. The van der Waals surface area contributed by atoms with E-state index in [1.807, 2.05) is 25.1 Å². The maximum atomic E-state index is 14.2. The molecule has 0 aromatic heterocycles.